The van der Waals surface area contributed by atoms with Gasteiger partial charge in [-0.2, -0.15) is 0 Å². The number of urea groups is 1. The number of hydroxylamine groups is 1. The van der Waals surface area contributed by atoms with Crippen LogP contribution in [0.1, 0.15) is 26.2 Å². The average molecular weight is 477 g/mol. The van der Waals surface area contributed by atoms with Gasteiger partial charge in [0.15, 0.2) is 0 Å². The second-order valence-corrected chi connectivity index (χ2v) is 9.49. The van der Waals surface area contributed by atoms with Gasteiger partial charge in [-0.05, 0) is 56.2 Å². The van der Waals surface area contributed by atoms with Gasteiger partial charge in [-0.15, -0.1) is 0 Å². The van der Waals surface area contributed by atoms with E-state index in [4.69, 9.17) is 9.94 Å². The van der Waals surface area contributed by atoms with E-state index in [9.17, 15) is 18.0 Å². The molecule has 1 aliphatic heterocycles. The fourth-order valence-electron chi connectivity index (χ4n) is 3.72. The Balaban J connectivity index is 1.74. The third-order valence-electron chi connectivity index (χ3n) is 5.42. The highest BCUT2D eigenvalue weighted by molar-refractivity contribution is 7.89. The number of hydrogen-bond donors (Lipinski definition) is 4. The van der Waals surface area contributed by atoms with Crippen LogP contribution in [0.5, 0.6) is 11.5 Å². The first kappa shape index (κ1) is 24.5. The number of rotatable bonds is 8. The van der Waals surface area contributed by atoms with Gasteiger partial charge in [0, 0.05) is 31.6 Å². The van der Waals surface area contributed by atoms with Crippen molar-refractivity contribution < 1.29 is 28.0 Å². The predicted octanol–water partition coefficient (Wildman–Crippen LogP) is 2.22. The molecule has 1 aliphatic rings. The molecule has 0 atom stereocenters. The predicted molar refractivity (Wildman–Crippen MR) is 120 cm³/mol. The van der Waals surface area contributed by atoms with Crippen LogP contribution in [0.3, 0.4) is 0 Å². The van der Waals surface area contributed by atoms with Crippen molar-refractivity contribution in [1.29, 1.82) is 0 Å². The van der Waals surface area contributed by atoms with Gasteiger partial charge >= 0.3 is 6.03 Å². The van der Waals surface area contributed by atoms with E-state index in [1.165, 1.54) is 12.1 Å². The lowest BCUT2D eigenvalue weighted by Gasteiger charge is -2.41. The van der Waals surface area contributed by atoms with E-state index in [0.29, 0.717) is 18.0 Å². The minimum atomic E-state index is -4.00. The van der Waals surface area contributed by atoms with E-state index >= 15 is 0 Å². The molecule has 0 aliphatic carbocycles. The number of ether oxygens (including phenoxy) is 1. The van der Waals surface area contributed by atoms with Crippen LogP contribution in [0.4, 0.5) is 4.79 Å². The molecule has 1 fully saturated rings. The Kier molecular flexibility index (Phi) is 7.90. The molecule has 2 aromatic carbocycles. The number of benzene rings is 2. The van der Waals surface area contributed by atoms with Gasteiger partial charge in [0.05, 0.1) is 4.90 Å². The summed E-state index contributed by atoms with van der Waals surface area (Å²) in [6.07, 6.45) is 0.166. The van der Waals surface area contributed by atoms with Crippen LogP contribution in [0.25, 0.3) is 0 Å². The van der Waals surface area contributed by atoms with E-state index < -0.39 is 21.5 Å². The van der Waals surface area contributed by atoms with Crippen molar-refractivity contribution in [3.63, 3.8) is 0 Å². The minimum Gasteiger partial charge on any atom is -0.457 e. The molecular weight excluding hydrogens is 448 g/mol. The van der Waals surface area contributed by atoms with Gasteiger partial charge in [-0.25, -0.2) is 23.4 Å². The monoisotopic (exact) mass is 476 g/mol. The molecule has 0 saturated carbocycles. The normalized spacial score (nSPS) is 15.5. The Morgan fingerprint density at radius 1 is 1.03 bits per heavy atom. The van der Waals surface area contributed by atoms with Gasteiger partial charge < -0.3 is 15.0 Å². The molecule has 1 saturated heterocycles. The number of carbonyl (C=O) groups is 2. The Hall–Kier alpha value is -3.15. The smallest absolute Gasteiger partial charge is 0.317 e. The molecule has 33 heavy (non-hydrogen) atoms. The Labute approximate surface area is 192 Å². The van der Waals surface area contributed by atoms with Crippen LogP contribution in [-0.4, -0.2) is 55.6 Å². The first-order valence-corrected chi connectivity index (χ1v) is 12.1. The van der Waals surface area contributed by atoms with Gasteiger partial charge in [0.25, 0.3) is 0 Å². The Morgan fingerprint density at radius 3 is 2.21 bits per heavy atom. The van der Waals surface area contributed by atoms with E-state index in [0.717, 1.165) is 0 Å². The second-order valence-electron chi connectivity index (χ2n) is 7.81. The SMILES string of the molecule is CCNC(=O)N1CCC(CC(=O)NO)(NS(=O)(=O)c2ccc(Oc3ccccc3)cc2)CC1. The van der Waals surface area contributed by atoms with Crippen LogP contribution < -0.4 is 20.3 Å². The summed E-state index contributed by atoms with van der Waals surface area (Å²) in [6.45, 7) is 2.81. The number of hydrogen-bond acceptors (Lipinski definition) is 6. The van der Waals surface area contributed by atoms with Gasteiger partial charge in [-0.3, -0.25) is 10.0 Å². The third-order valence-corrected chi connectivity index (χ3v) is 7.02. The molecule has 1 heterocycles. The molecule has 0 radical (unpaired) electrons. The number of carbonyl (C=O) groups excluding carboxylic acids is 2. The first-order chi connectivity index (χ1) is 15.8. The van der Waals surface area contributed by atoms with Crippen LogP contribution in [0.2, 0.25) is 0 Å². The van der Waals surface area contributed by atoms with Crippen molar-refractivity contribution in [3.8, 4) is 11.5 Å². The number of para-hydroxylation sites is 1. The second kappa shape index (κ2) is 10.6. The largest absolute Gasteiger partial charge is 0.457 e. The zero-order valence-corrected chi connectivity index (χ0v) is 19.1. The quantitative estimate of drug-likeness (QED) is 0.341. The molecule has 3 amide bonds. The van der Waals surface area contributed by atoms with Crippen LogP contribution in [-0.2, 0) is 14.8 Å². The molecule has 2 aromatic rings. The van der Waals surface area contributed by atoms with Crippen molar-refractivity contribution in [2.24, 2.45) is 0 Å². The third kappa shape index (κ3) is 6.44. The minimum absolute atomic E-state index is 0.0119. The molecule has 0 aromatic heterocycles. The molecule has 3 rings (SSSR count). The lowest BCUT2D eigenvalue weighted by molar-refractivity contribution is -0.131. The highest BCUT2D eigenvalue weighted by atomic mass is 32.2. The first-order valence-electron chi connectivity index (χ1n) is 10.6. The van der Waals surface area contributed by atoms with E-state index in [2.05, 4.69) is 10.0 Å². The van der Waals surface area contributed by atoms with Gasteiger partial charge in [-0.1, -0.05) is 18.2 Å². The fraction of sp³-hybridized carbons (Fsp3) is 0.364. The summed E-state index contributed by atoms with van der Waals surface area (Å²) in [7, 11) is -4.00. The Morgan fingerprint density at radius 2 is 1.64 bits per heavy atom. The molecule has 0 spiro atoms. The fourth-order valence-corrected chi connectivity index (χ4v) is 5.18. The van der Waals surface area contributed by atoms with E-state index in [1.54, 1.807) is 34.6 Å². The van der Waals surface area contributed by atoms with Crippen molar-refractivity contribution in [3.05, 3.63) is 54.6 Å². The maximum atomic E-state index is 13.1. The summed E-state index contributed by atoms with van der Waals surface area (Å²) >= 11 is 0. The number of nitrogens with zero attached hydrogens (tertiary/aromatic N) is 1. The standard InChI is InChI=1S/C22H28N4O6S/c1-2-23-21(28)26-14-12-22(13-15-26,16-20(27)24-29)25-33(30,31)19-10-8-18(9-11-19)32-17-6-4-3-5-7-17/h3-11,25,29H,2,12-16H2,1H3,(H,23,28)(H,24,27). The van der Waals surface area contributed by atoms with Gasteiger partial charge in [0.1, 0.15) is 11.5 Å². The lowest BCUT2D eigenvalue weighted by Crippen LogP contribution is -2.58. The maximum absolute atomic E-state index is 13.1. The van der Waals surface area contributed by atoms with Crippen molar-refractivity contribution in [1.82, 2.24) is 20.4 Å². The lowest BCUT2D eigenvalue weighted by atomic mass is 9.85. The molecular formula is C22H28N4O6S. The summed E-state index contributed by atoms with van der Waals surface area (Å²) in [5.74, 6) is 0.389. The summed E-state index contributed by atoms with van der Waals surface area (Å²) in [5.41, 5.74) is 0.419. The average Bonchev–Trinajstić information content (AvgIpc) is 2.80. The molecule has 10 nitrogen and oxygen atoms in total. The molecule has 0 bridgehead atoms. The summed E-state index contributed by atoms with van der Waals surface area (Å²) in [6, 6.07) is 14.8. The summed E-state index contributed by atoms with van der Waals surface area (Å²) in [4.78, 5) is 25.6. The van der Waals surface area contributed by atoms with Gasteiger partial charge in [0.2, 0.25) is 15.9 Å². The van der Waals surface area contributed by atoms with Crippen molar-refractivity contribution in [2.75, 3.05) is 19.6 Å². The topological polar surface area (TPSA) is 137 Å². The summed E-state index contributed by atoms with van der Waals surface area (Å²) < 4.78 is 34.6. The van der Waals surface area contributed by atoms with Crippen LogP contribution >= 0.6 is 0 Å². The number of likely N-dealkylation sites (tertiary alicyclic amines) is 1. The molecule has 11 heteroatoms. The molecule has 178 valence electrons. The summed E-state index contributed by atoms with van der Waals surface area (Å²) in [5, 5.41) is 11.7. The number of nitrogens with one attached hydrogen (secondary N) is 3. The highest BCUT2D eigenvalue weighted by Gasteiger charge is 2.41. The number of sulfonamides is 1. The maximum Gasteiger partial charge on any atom is 0.317 e. The number of amides is 3. The molecule has 0 unspecified atom stereocenters. The molecule has 4 N–H and O–H groups in total. The van der Waals surface area contributed by atoms with E-state index in [1.807, 2.05) is 25.1 Å². The zero-order chi connectivity index (χ0) is 23.9. The van der Waals surface area contributed by atoms with Crippen LogP contribution in [0.15, 0.2) is 59.5 Å². The Bertz CT molecular complexity index is 1050. The number of piperidine rings is 1. The zero-order valence-electron chi connectivity index (χ0n) is 18.3. The highest BCUT2D eigenvalue weighted by Crippen LogP contribution is 2.29. The van der Waals surface area contributed by atoms with E-state index in [-0.39, 0.29) is 43.3 Å². The van der Waals surface area contributed by atoms with Crippen LogP contribution in [0, 0.1) is 0 Å². The van der Waals surface area contributed by atoms with Crippen molar-refractivity contribution in [2.45, 2.75) is 36.6 Å². The van der Waals surface area contributed by atoms with Crippen molar-refractivity contribution >= 4 is 22.0 Å².